The molecule has 0 amide bonds. The van der Waals surface area contributed by atoms with Gasteiger partial charge < -0.3 is 15.2 Å². The Hall–Kier alpha value is -2.07. The Morgan fingerprint density at radius 3 is 2.50 bits per heavy atom. The van der Waals surface area contributed by atoms with Crippen LogP contribution in [0.3, 0.4) is 0 Å². The quantitative estimate of drug-likeness (QED) is 0.614. The zero-order chi connectivity index (χ0) is 12.9. The minimum atomic E-state index is -1.03. The largest absolute Gasteiger partial charge is 0.507 e. The van der Waals surface area contributed by atoms with Gasteiger partial charge in [-0.05, 0) is 13.8 Å². The van der Waals surface area contributed by atoms with Gasteiger partial charge in [0.05, 0.1) is 11.0 Å². The highest BCUT2D eigenvalue weighted by Gasteiger charge is 2.21. The highest BCUT2D eigenvalue weighted by atomic mass is 16.3. The van der Waals surface area contributed by atoms with Gasteiger partial charge in [0.2, 0.25) is 0 Å². The van der Waals surface area contributed by atoms with Gasteiger partial charge in [-0.3, -0.25) is 0 Å². The topological polar surface area (TPSA) is 69.1 Å². The average molecular weight is 242 g/mol. The Labute approximate surface area is 104 Å². The Balaban J connectivity index is 2.44. The molecule has 4 nitrogen and oxygen atoms in total. The van der Waals surface area contributed by atoms with E-state index < -0.39 is 5.60 Å². The number of benzene rings is 2. The zero-order valence-electron chi connectivity index (χ0n) is 10.2. The first-order valence-corrected chi connectivity index (χ1v) is 5.80. The highest BCUT2D eigenvalue weighted by Crippen LogP contribution is 2.32. The molecule has 2 aromatic carbocycles. The van der Waals surface area contributed by atoms with E-state index in [0.29, 0.717) is 5.82 Å². The van der Waals surface area contributed by atoms with Crippen LogP contribution in [0.2, 0.25) is 0 Å². The predicted molar refractivity (Wildman–Crippen MR) is 70.5 cm³/mol. The molecular formula is C14H14N2O2. The lowest BCUT2D eigenvalue weighted by Crippen LogP contribution is -2.17. The number of hydrogen-bond donors (Lipinski definition) is 3. The number of imidazole rings is 1. The summed E-state index contributed by atoms with van der Waals surface area (Å²) >= 11 is 0. The first-order valence-electron chi connectivity index (χ1n) is 5.80. The molecule has 1 heterocycles. The van der Waals surface area contributed by atoms with Crippen LogP contribution in [-0.4, -0.2) is 20.2 Å². The Bertz CT molecular complexity index is 738. The molecule has 3 rings (SSSR count). The molecule has 0 atom stereocenters. The van der Waals surface area contributed by atoms with Gasteiger partial charge in [-0.1, -0.05) is 24.3 Å². The van der Waals surface area contributed by atoms with Crippen molar-refractivity contribution in [3.05, 3.63) is 36.2 Å². The number of aromatic hydroxyl groups is 1. The van der Waals surface area contributed by atoms with Gasteiger partial charge in [0.25, 0.3) is 0 Å². The standard InChI is InChI=1S/C14H14N2O2/c1-14(2,18)13-15-10-7-11(17)8-5-3-4-6-9(8)12(10)16-13/h3-7,17-18H,1-2H3,(H,15,16). The number of rotatable bonds is 1. The molecule has 0 aliphatic carbocycles. The van der Waals surface area contributed by atoms with Crippen molar-refractivity contribution in [2.45, 2.75) is 19.4 Å². The summed E-state index contributed by atoms with van der Waals surface area (Å²) in [6, 6.07) is 9.17. The molecule has 0 saturated carbocycles. The van der Waals surface area contributed by atoms with E-state index in [1.807, 2.05) is 24.3 Å². The maximum absolute atomic E-state index is 9.98. The number of fused-ring (bicyclic) bond motifs is 3. The predicted octanol–water partition coefficient (Wildman–Crippen LogP) is 2.65. The van der Waals surface area contributed by atoms with Crippen molar-refractivity contribution in [1.82, 2.24) is 9.97 Å². The van der Waals surface area contributed by atoms with Gasteiger partial charge in [-0.25, -0.2) is 4.98 Å². The smallest absolute Gasteiger partial charge is 0.138 e. The van der Waals surface area contributed by atoms with Crippen LogP contribution in [0, 0.1) is 0 Å². The van der Waals surface area contributed by atoms with E-state index in [1.165, 1.54) is 0 Å². The molecule has 1 aromatic heterocycles. The summed E-state index contributed by atoms with van der Waals surface area (Å²) in [5.74, 6) is 0.706. The van der Waals surface area contributed by atoms with Gasteiger partial charge >= 0.3 is 0 Å². The number of aromatic nitrogens is 2. The number of aromatic amines is 1. The van der Waals surface area contributed by atoms with E-state index in [4.69, 9.17) is 0 Å². The van der Waals surface area contributed by atoms with Gasteiger partial charge in [0, 0.05) is 16.8 Å². The van der Waals surface area contributed by atoms with Crippen LogP contribution >= 0.6 is 0 Å². The van der Waals surface area contributed by atoms with Gasteiger partial charge in [-0.15, -0.1) is 0 Å². The fourth-order valence-corrected chi connectivity index (χ4v) is 2.11. The molecule has 4 heteroatoms. The first kappa shape index (κ1) is 11.0. The number of phenols is 1. The van der Waals surface area contributed by atoms with Crippen LogP contribution in [0.5, 0.6) is 5.75 Å². The van der Waals surface area contributed by atoms with Crippen LogP contribution in [0.4, 0.5) is 0 Å². The first-order chi connectivity index (χ1) is 8.47. The molecule has 18 heavy (non-hydrogen) atoms. The third-order valence-corrected chi connectivity index (χ3v) is 3.05. The monoisotopic (exact) mass is 242 g/mol. The molecule has 0 bridgehead atoms. The van der Waals surface area contributed by atoms with Crippen LogP contribution in [0.1, 0.15) is 19.7 Å². The maximum atomic E-state index is 9.98. The second-order valence-electron chi connectivity index (χ2n) is 4.98. The van der Waals surface area contributed by atoms with Crippen molar-refractivity contribution in [2.24, 2.45) is 0 Å². The van der Waals surface area contributed by atoms with E-state index in [9.17, 15) is 10.2 Å². The fraction of sp³-hybridized carbons (Fsp3) is 0.214. The summed E-state index contributed by atoms with van der Waals surface area (Å²) in [5.41, 5.74) is 0.458. The molecule has 0 unspecified atom stereocenters. The van der Waals surface area contributed by atoms with Crippen LogP contribution in [0.15, 0.2) is 30.3 Å². The summed E-state index contributed by atoms with van der Waals surface area (Å²) < 4.78 is 0. The van der Waals surface area contributed by atoms with Crippen LogP contribution in [0.25, 0.3) is 21.8 Å². The van der Waals surface area contributed by atoms with Gasteiger partial charge in [0.15, 0.2) is 0 Å². The van der Waals surface area contributed by atoms with Crippen molar-refractivity contribution in [3.63, 3.8) is 0 Å². The normalized spacial score (nSPS) is 12.4. The van der Waals surface area contributed by atoms with E-state index in [2.05, 4.69) is 9.97 Å². The van der Waals surface area contributed by atoms with E-state index in [1.54, 1.807) is 19.9 Å². The molecule has 3 N–H and O–H groups in total. The Kier molecular flexibility index (Phi) is 2.12. The zero-order valence-corrected chi connectivity index (χ0v) is 10.2. The lowest BCUT2D eigenvalue weighted by Gasteiger charge is -2.12. The molecule has 0 saturated heterocycles. The summed E-state index contributed by atoms with van der Waals surface area (Å²) in [6.45, 7) is 3.35. The number of hydrogen-bond acceptors (Lipinski definition) is 3. The molecule has 0 aliphatic heterocycles. The summed E-state index contributed by atoms with van der Waals surface area (Å²) in [7, 11) is 0. The number of H-pyrrole nitrogens is 1. The highest BCUT2D eigenvalue weighted by molar-refractivity contribution is 6.07. The van der Waals surface area contributed by atoms with Crippen molar-refractivity contribution < 1.29 is 10.2 Å². The number of nitrogens with one attached hydrogen (secondary N) is 1. The minimum absolute atomic E-state index is 0.212. The third kappa shape index (κ3) is 1.54. The van der Waals surface area contributed by atoms with E-state index in [0.717, 1.165) is 21.8 Å². The Morgan fingerprint density at radius 2 is 1.83 bits per heavy atom. The number of aliphatic hydroxyl groups is 1. The van der Waals surface area contributed by atoms with Gasteiger partial charge in [0.1, 0.15) is 17.2 Å². The molecule has 3 aromatic rings. The van der Waals surface area contributed by atoms with Crippen molar-refractivity contribution in [3.8, 4) is 5.75 Å². The third-order valence-electron chi connectivity index (χ3n) is 3.05. The number of phenolic OH excluding ortho intramolecular Hbond substituents is 1. The van der Waals surface area contributed by atoms with E-state index in [-0.39, 0.29) is 5.75 Å². The van der Waals surface area contributed by atoms with Crippen LogP contribution in [-0.2, 0) is 5.60 Å². The summed E-state index contributed by atoms with van der Waals surface area (Å²) in [5, 5.41) is 21.6. The van der Waals surface area contributed by atoms with Crippen molar-refractivity contribution in [2.75, 3.05) is 0 Å². The fourth-order valence-electron chi connectivity index (χ4n) is 2.11. The lowest BCUT2D eigenvalue weighted by atomic mass is 10.1. The molecule has 0 aliphatic rings. The molecule has 92 valence electrons. The van der Waals surface area contributed by atoms with Crippen LogP contribution < -0.4 is 0 Å². The second-order valence-corrected chi connectivity index (χ2v) is 4.98. The summed E-state index contributed by atoms with van der Waals surface area (Å²) in [6.07, 6.45) is 0. The maximum Gasteiger partial charge on any atom is 0.138 e. The summed E-state index contributed by atoms with van der Waals surface area (Å²) in [4.78, 5) is 7.48. The molecule has 0 fully saturated rings. The SMILES string of the molecule is CC(C)(O)c1nc2c(cc(O)c3ccccc32)[nH]1. The minimum Gasteiger partial charge on any atom is -0.507 e. The average Bonchev–Trinajstić information content (AvgIpc) is 2.73. The molecular weight excluding hydrogens is 228 g/mol. The van der Waals surface area contributed by atoms with Crippen molar-refractivity contribution >= 4 is 21.8 Å². The Morgan fingerprint density at radius 1 is 1.17 bits per heavy atom. The number of nitrogens with zero attached hydrogens (tertiary/aromatic N) is 1. The molecule has 0 spiro atoms. The van der Waals surface area contributed by atoms with E-state index >= 15 is 0 Å². The van der Waals surface area contributed by atoms with Gasteiger partial charge in [-0.2, -0.15) is 0 Å². The molecule has 0 radical (unpaired) electrons. The lowest BCUT2D eigenvalue weighted by molar-refractivity contribution is 0.0700. The second kappa shape index (κ2) is 3.46. The van der Waals surface area contributed by atoms with Crippen molar-refractivity contribution in [1.29, 1.82) is 0 Å².